The van der Waals surface area contributed by atoms with Crippen LogP contribution in [0.1, 0.15) is 54.9 Å². The summed E-state index contributed by atoms with van der Waals surface area (Å²) in [5.41, 5.74) is 1.32. The number of thiophene rings is 1. The zero-order chi connectivity index (χ0) is 15.8. The fraction of sp³-hybridized carbons (Fsp3) is 0.625. The van der Waals surface area contributed by atoms with E-state index in [1.165, 1.54) is 4.88 Å². The third kappa shape index (κ3) is 3.28. The van der Waals surface area contributed by atoms with Gasteiger partial charge in [0.1, 0.15) is 5.00 Å². The van der Waals surface area contributed by atoms with Crippen LogP contribution >= 0.6 is 11.3 Å². The van der Waals surface area contributed by atoms with Crippen LogP contribution in [0.3, 0.4) is 0 Å². The standard InChI is InChI=1S/C16H24N2O2S/c1-9-6-7-10-11(8-9)21-14(12(10)13(19)17-5)18-15(20)16(2,3)4/h9H,6-8H2,1-5H3,(H,17,19)(H,18,20)/t9-/m0/s1. The number of carbonyl (C=O) groups excluding carboxylic acids is 2. The molecule has 1 aliphatic rings. The van der Waals surface area contributed by atoms with E-state index in [2.05, 4.69) is 17.6 Å². The summed E-state index contributed by atoms with van der Waals surface area (Å²) in [5.74, 6) is 0.477. The Morgan fingerprint density at radius 3 is 2.52 bits per heavy atom. The molecule has 0 fully saturated rings. The van der Waals surface area contributed by atoms with Crippen LogP contribution in [0.5, 0.6) is 0 Å². The topological polar surface area (TPSA) is 58.2 Å². The zero-order valence-corrected chi connectivity index (χ0v) is 14.2. The highest BCUT2D eigenvalue weighted by atomic mass is 32.1. The van der Waals surface area contributed by atoms with Crippen molar-refractivity contribution in [1.82, 2.24) is 5.32 Å². The van der Waals surface area contributed by atoms with Gasteiger partial charge in [-0.25, -0.2) is 0 Å². The Kier molecular flexibility index (Phi) is 4.42. The van der Waals surface area contributed by atoms with Gasteiger partial charge in [0.15, 0.2) is 0 Å². The van der Waals surface area contributed by atoms with Crippen molar-refractivity contribution in [3.63, 3.8) is 0 Å². The molecule has 2 rings (SSSR count). The van der Waals surface area contributed by atoms with Gasteiger partial charge in [-0.3, -0.25) is 9.59 Å². The van der Waals surface area contributed by atoms with E-state index in [4.69, 9.17) is 0 Å². The Balaban J connectivity index is 2.41. The number of hydrogen-bond donors (Lipinski definition) is 2. The molecule has 0 unspecified atom stereocenters. The molecule has 0 radical (unpaired) electrons. The summed E-state index contributed by atoms with van der Waals surface area (Å²) in [4.78, 5) is 25.7. The quantitative estimate of drug-likeness (QED) is 0.881. The summed E-state index contributed by atoms with van der Waals surface area (Å²) in [6.07, 6.45) is 3.01. The van der Waals surface area contributed by atoms with Crippen LogP contribution in [0.2, 0.25) is 0 Å². The molecule has 0 saturated heterocycles. The molecule has 2 amide bonds. The van der Waals surface area contributed by atoms with Crippen LogP contribution < -0.4 is 10.6 Å². The molecule has 4 nitrogen and oxygen atoms in total. The smallest absolute Gasteiger partial charge is 0.254 e. The van der Waals surface area contributed by atoms with E-state index in [9.17, 15) is 9.59 Å². The Labute approximate surface area is 130 Å². The molecular weight excluding hydrogens is 284 g/mol. The van der Waals surface area contributed by atoms with Gasteiger partial charge in [-0.2, -0.15) is 0 Å². The molecule has 2 N–H and O–H groups in total. The normalized spacial score (nSPS) is 18.0. The fourth-order valence-electron chi connectivity index (χ4n) is 2.49. The average Bonchev–Trinajstić information content (AvgIpc) is 2.73. The van der Waals surface area contributed by atoms with Crippen molar-refractivity contribution < 1.29 is 9.59 Å². The molecule has 0 aromatic carbocycles. The van der Waals surface area contributed by atoms with Crippen LogP contribution in [0.4, 0.5) is 5.00 Å². The number of carbonyl (C=O) groups is 2. The maximum atomic E-state index is 12.2. The van der Waals surface area contributed by atoms with Crippen molar-refractivity contribution in [2.75, 3.05) is 12.4 Å². The molecule has 0 bridgehead atoms. The molecule has 0 spiro atoms. The van der Waals surface area contributed by atoms with E-state index in [1.807, 2.05) is 20.8 Å². The number of amides is 2. The Bertz CT molecular complexity index is 570. The monoisotopic (exact) mass is 308 g/mol. The molecule has 1 aromatic rings. The maximum Gasteiger partial charge on any atom is 0.254 e. The minimum absolute atomic E-state index is 0.0562. The molecule has 0 aliphatic heterocycles. The third-order valence-corrected chi connectivity index (χ3v) is 5.04. The molecular formula is C16H24N2O2S. The first-order chi connectivity index (χ1) is 9.74. The molecule has 1 aromatic heterocycles. The van der Waals surface area contributed by atoms with Gasteiger partial charge in [-0.15, -0.1) is 11.3 Å². The lowest BCUT2D eigenvalue weighted by Gasteiger charge is -2.19. The second-order valence-corrected chi connectivity index (χ2v) is 7.94. The first-order valence-corrected chi connectivity index (χ1v) is 8.23. The van der Waals surface area contributed by atoms with Crippen molar-refractivity contribution in [2.45, 2.75) is 47.0 Å². The minimum Gasteiger partial charge on any atom is -0.355 e. The Morgan fingerprint density at radius 2 is 1.95 bits per heavy atom. The predicted molar refractivity (Wildman–Crippen MR) is 87.0 cm³/mol. The van der Waals surface area contributed by atoms with Gasteiger partial charge >= 0.3 is 0 Å². The number of anilines is 1. The van der Waals surface area contributed by atoms with Gasteiger partial charge in [0.2, 0.25) is 5.91 Å². The lowest BCUT2D eigenvalue weighted by Crippen LogP contribution is -2.29. The summed E-state index contributed by atoms with van der Waals surface area (Å²) in [5, 5.41) is 6.36. The van der Waals surface area contributed by atoms with E-state index >= 15 is 0 Å². The second kappa shape index (κ2) is 5.79. The lowest BCUT2D eigenvalue weighted by molar-refractivity contribution is -0.123. The highest BCUT2D eigenvalue weighted by Gasteiger charge is 2.30. The van der Waals surface area contributed by atoms with E-state index < -0.39 is 5.41 Å². The molecule has 5 heteroatoms. The molecule has 116 valence electrons. The largest absolute Gasteiger partial charge is 0.355 e. The van der Waals surface area contributed by atoms with E-state index in [-0.39, 0.29) is 11.8 Å². The second-order valence-electron chi connectivity index (χ2n) is 6.84. The van der Waals surface area contributed by atoms with Crippen molar-refractivity contribution in [1.29, 1.82) is 0 Å². The Hall–Kier alpha value is -1.36. The number of fused-ring (bicyclic) bond motifs is 1. The molecule has 0 saturated carbocycles. The average molecular weight is 308 g/mol. The van der Waals surface area contributed by atoms with Crippen LogP contribution in [0.15, 0.2) is 0 Å². The van der Waals surface area contributed by atoms with E-state index in [0.29, 0.717) is 16.5 Å². The number of rotatable bonds is 2. The SMILES string of the molecule is CNC(=O)c1c(NC(=O)C(C)(C)C)sc2c1CC[C@H](C)C2. The first-order valence-electron chi connectivity index (χ1n) is 7.42. The van der Waals surface area contributed by atoms with Crippen LogP contribution in [0, 0.1) is 11.3 Å². The van der Waals surface area contributed by atoms with Crippen molar-refractivity contribution in [3.05, 3.63) is 16.0 Å². The molecule has 1 aliphatic carbocycles. The van der Waals surface area contributed by atoms with Gasteiger partial charge < -0.3 is 10.6 Å². The van der Waals surface area contributed by atoms with Crippen LogP contribution in [-0.2, 0) is 17.6 Å². The molecule has 21 heavy (non-hydrogen) atoms. The van der Waals surface area contributed by atoms with Gasteiger partial charge in [0, 0.05) is 17.3 Å². The van der Waals surface area contributed by atoms with Gasteiger partial charge in [-0.05, 0) is 30.7 Å². The minimum atomic E-state index is -0.474. The Morgan fingerprint density at radius 1 is 1.29 bits per heavy atom. The summed E-state index contributed by atoms with van der Waals surface area (Å²) in [6.45, 7) is 7.85. The van der Waals surface area contributed by atoms with Gasteiger partial charge in [-0.1, -0.05) is 27.7 Å². The van der Waals surface area contributed by atoms with E-state index in [0.717, 1.165) is 24.8 Å². The van der Waals surface area contributed by atoms with Crippen LogP contribution in [-0.4, -0.2) is 18.9 Å². The molecule has 1 heterocycles. The van der Waals surface area contributed by atoms with Gasteiger partial charge in [0.25, 0.3) is 5.91 Å². The van der Waals surface area contributed by atoms with Crippen molar-refractivity contribution >= 4 is 28.2 Å². The highest BCUT2D eigenvalue weighted by molar-refractivity contribution is 7.17. The summed E-state index contributed by atoms with van der Waals surface area (Å²) in [7, 11) is 1.63. The van der Waals surface area contributed by atoms with Crippen LogP contribution in [0.25, 0.3) is 0 Å². The first kappa shape index (κ1) is 16.0. The van der Waals surface area contributed by atoms with Crippen molar-refractivity contribution in [3.8, 4) is 0 Å². The number of nitrogens with one attached hydrogen (secondary N) is 2. The summed E-state index contributed by atoms with van der Waals surface area (Å²) in [6, 6.07) is 0. The van der Waals surface area contributed by atoms with E-state index in [1.54, 1.807) is 18.4 Å². The predicted octanol–water partition coefficient (Wildman–Crippen LogP) is 3.22. The lowest BCUT2D eigenvalue weighted by atomic mass is 9.88. The maximum absolute atomic E-state index is 12.2. The summed E-state index contributed by atoms with van der Waals surface area (Å²) < 4.78 is 0. The number of hydrogen-bond acceptors (Lipinski definition) is 3. The summed E-state index contributed by atoms with van der Waals surface area (Å²) >= 11 is 1.56. The molecule has 1 atom stereocenters. The zero-order valence-electron chi connectivity index (χ0n) is 13.4. The van der Waals surface area contributed by atoms with Gasteiger partial charge in [0.05, 0.1) is 5.56 Å². The van der Waals surface area contributed by atoms with Crippen molar-refractivity contribution in [2.24, 2.45) is 11.3 Å². The highest BCUT2D eigenvalue weighted by Crippen LogP contribution is 2.40. The fourth-order valence-corrected chi connectivity index (χ4v) is 3.90. The third-order valence-electron chi connectivity index (χ3n) is 3.87.